The zero-order valence-electron chi connectivity index (χ0n) is 24.8. The number of ether oxygens (including phenoxy) is 2. The molecule has 0 saturated carbocycles. The van der Waals surface area contributed by atoms with Gasteiger partial charge < -0.3 is 36.5 Å². The summed E-state index contributed by atoms with van der Waals surface area (Å²) in [4.78, 5) is 26.6. The summed E-state index contributed by atoms with van der Waals surface area (Å²) < 4.78 is 10.6. The lowest BCUT2D eigenvalue weighted by Crippen LogP contribution is -2.19. The number of methoxy groups -OCH3 is 1. The van der Waals surface area contributed by atoms with E-state index in [9.17, 15) is 4.79 Å². The van der Waals surface area contributed by atoms with Crippen LogP contribution in [0.1, 0.15) is 35.1 Å². The van der Waals surface area contributed by atoms with Crippen molar-refractivity contribution in [1.82, 2.24) is 19.9 Å². The molecule has 6 N–H and O–H groups in total. The van der Waals surface area contributed by atoms with Crippen molar-refractivity contribution in [3.05, 3.63) is 95.3 Å². The predicted octanol–water partition coefficient (Wildman–Crippen LogP) is 4.27. The van der Waals surface area contributed by atoms with Crippen molar-refractivity contribution in [3.8, 4) is 5.75 Å². The number of rotatable bonds is 16. The molecule has 0 aliphatic rings. The minimum Gasteiger partial charge on any atom is -0.494 e. The van der Waals surface area contributed by atoms with E-state index in [0.717, 1.165) is 48.4 Å². The van der Waals surface area contributed by atoms with E-state index in [1.165, 1.54) is 12.7 Å². The first kappa shape index (κ1) is 31.0. The van der Waals surface area contributed by atoms with Crippen molar-refractivity contribution in [2.24, 2.45) is 0 Å². The normalized spacial score (nSPS) is 10.9. The molecule has 2 aromatic carbocycles. The van der Waals surface area contributed by atoms with E-state index in [1.54, 1.807) is 12.4 Å². The highest BCUT2D eigenvalue weighted by atomic mass is 16.5. The van der Waals surface area contributed by atoms with Gasteiger partial charge in [-0.15, -0.1) is 0 Å². The van der Waals surface area contributed by atoms with Gasteiger partial charge in [-0.2, -0.15) is 9.97 Å². The highest BCUT2D eigenvalue weighted by Gasteiger charge is 2.10. The number of carbonyl (C=O) groups excluding carboxylic acids is 1. The average Bonchev–Trinajstić information content (AvgIpc) is 3.02. The molecule has 2 aromatic heterocycles. The zero-order valence-corrected chi connectivity index (χ0v) is 24.8. The molecule has 0 radical (unpaired) electrons. The van der Waals surface area contributed by atoms with Crippen molar-refractivity contribution in [1.29, 1.82) is 0 Å². The average molecular weight is 585 g/mol. The van der Waals surface area contributed by atoms with Crippen LogP contribution in [0.3, 0.4) is 0 Å². The second-order valence-corrected chi connectivity index (χ2v) is 10.3. The van der Waals surface area contributed by atoms with E-state index in [0.29, 0.717) is 37.1 Å². The third kappa shape index (κ3) is 10.2. The quantitative estimate of drug-likeness (QED) is 0.110. The van der Waals surface area contributed by atoms with Gasteiger partial charge in [0.15, 0.2) is 11.6 Å². The molecule has 0 bridgehead atoms. The molecule has 226 valence electrons. The van der Waals surface area contributed by atoms with Crippen molar-refractivity contribution in [3.63, 3.8) is 0 Å². The van der Waals surface area contributed by atoms with Crippen LogP contribution in [0.25, 0.3) is 0 Å². The maximum atomic E-state index is 11.5. The van der Waals surface area contributed by atoms with Crippen LogP contribution in [0, 0.1) is 0 Å². The summed E-state index contributed by atoms with van der Waals surface area (Å²) in [6.45, 7) is 3.53. The molecule has 11 heteroatoms. The number of esters is 1. The van der Waals surface area contributed by atoms with Crippen LogP contribution in [-0.4, -0.2) is 53.1 Å². The SMILES string of the molecule is COC(=O)Cc1cccc(OCCCCN(C)Cc2ccc(CNc3nc(NCc4ccncc4)nc(N)c3N)cc2)c1. The number of benzene rings is 2. The summed E-state index contributed by atoms with van der Waals surface area (Å²) in [5.41, 5.74) is 16.8. The van der Waals surface area contributed by atoms with Crippen LogP contribution in [0.5, 0.6) is 5.75 Å². The Morgan fingerprint density at radius 2 is 1.60 bits per heavy atom. The molecule has 0 aliphatic heterocycles. The maximum absolute atomic E-state index is 11.5. The second-order valence-electron chi connectivity index (χ2n) is 10.3. The van der Waals surface area contributed by atoms with Gasteiger partial charge in [0, 0.05) is 32.0 Å². The maximum Gasteiger partial charge on any atom is 0.309 e. The lowest BCUT2D eigenvalue weighted by Gasteiger charge is -2.17. The third-order valence-electron chi connectivity index (χ3n) is 6.79. The van der Waals surface area contributed by atoms with Gasteiger partial charge in [-0.3, -0.25) is 9.78 Å². The Morgan fingerprint density at radius 1 is 0.884 bits per heavy atom. The van der Waals surface area contributed by atoms with Crippen LogP contribution in [0.15, 0.2) is 73.1 Å². The Balaban J connectivity index is 1.17. The summed E-state index contributed by atoms with van der Waals surface area (Å²) in [6, 6.07) is 19.9. The Labute approximate surface area is 252 Å². The number of nitrogens with zero attached hydrogens (tertiary/aromatic N) is 4. The fourth-order valence-electron chi connectivity index (χ4n) is 4.38. The first-order valence-corrected chi connectivity index (χ1v) is 14.2. The topological polar surface area (TPSA) is 154 Å². The van der Waals surface area contributed by atoms with Crippen molar-refractivity contribution in [2.45, 2.75) is 38.9 Å². The first-order chi connectivity index (χ1) is 20.9. The molecule has 0 amide bonds. The van der Waals surface area contributed by atoms with E-state index in [2.05, 4.69) is 61.8 Å². The van der Waals surface area contributed by atoms with Gasteiger partial charge in [0.1, 0.15) is 11.4 Å². The molecular formula is C32H40N8O3. The highest BCUT2D eigenvalue weighted by molar-refractivity contribution is 5.74. The third-order valence-corrected chi connectivity index (χ3v) is 6.79. The Kier molecular flexibility index (Phi) is 11.5. The highest BCUT2D eigenvalue weighted by Crippen LogP contribution is 2.24. The molecule has 11 nitrogen and oxygen atoms in total. The van der Waals surface area contributed by atoms with Crippen LogP contribution >= 0.6 is 0 Å². The molecule has 4 aromatic rings. The molecular weight excluding hydrogens is 544 g/mol. The second kappa shape index (κ2) is 15.9. The molecule has 4 rings (SSSR count). The predicted molar refractivity (Wildman–Crippen MR) is 169 cm³/mol. The fraction of sp³-hybridized carbons (Fsp3) is 0.312. The number of unbranched alkanes of at least 4 members (excludes halogenated alkanes) is 1. The van der Waals surface area contributed by atoms with Crippen LogP contribution in [0.4, 0.5) is 23.3 Å². The molecule has 0 unspecified atom stereocenters. The number of anilines is 4. The van der Waals surface area contributed by atoms with Gasteiger partial charge in [-0.1, -0.05) is 36.4 Å². The van der Waals surface area contributed by atoms with E-state index in [1.807, 2.05) is 36.4 Å². The summed E-state index contributed by atoms with van der Waals surface area (Å²) in [6.07, 6.45) is 5.68. The van der Waals surface area contributed by atoms with Crippen LogP contribution < -0.4 is 26.8 Å². The molecule has 0 saturated heterocycles. The van der Waals surface area contributed by atoms with Crippen molar-refractivity contribution in [2.75, 3.05) is 49.4 Å². The minimum atomic E-state index is -0.260. The summed E-state index contributed by atoms with van der Waals surface area (Å²) in [5, 5.41) is 6.47. The number of hydrogen-bond donors (Lipinski definition) is 4. The van der Waals surface area contributed by atoms with Gasteiger partial charge >= 0.3 is 5.97 Å². The summed E-state index contributed by atoms with van der Waals surface area (Å²) in [5.74, 6) is 1.63. The van der Waals surface area contributed by atoms with Gasteiger partial charge in [-0.05, 0) is 73.0 Å². The lowest BCUT2D eigenvalue weighted by molar-refractivity contribution is -0.139. The number of pyridine rings is 1. The van der Waals surface area contributed by atoms with E-state index < -0.39 is 0 Å². The van der Waals surface area contributed by atoms with Gasteiger partial charge in [0.2, 0.25) is 5.95 Å². The van der Waals surface area contributed by atoms with E-state index >= 15 is 0 Å². The van der Waals surface area contributed by atoms with E-state index in [4.69, 9.17) is 20.9 Å². The largest absolute Gasteiger partial charge is 0.494 e. The monoisotopic (exact) mass is 584 g/mol. The number of carbonyl (C=O) groups is 1. The number of nitrogen functional groups attached to an aromatic ring is 2. The summed E-state index contributed by atoms with van der Waals surface area (Å²) in [7, 11) is 3.51. The standard InChI is InChI=1S/C32H40N8O3/c1-40(16-3-4-17-43-27-7-5-6-26(18-27)19-28(41)42-2)22-25-10-8-23(9-11-25)20-36-31-29(33)30(34)38-32(39-31)37-21-24-12-14-35-15-13-24/h5-15,18H,3-4,16-17,19-22,33H2,1-2H3,(H4,34,36,37,38,39). The molecule has 0 aliphatic carbocycles. The van der Waals surface area contributed by atoms with E-state index in [-0.39, 0.29) is 18.2 Å². The molecule has 0 spiro atoms. The molecule has 0 fully saturated rings. The van der Waals surface area contributed by atoms with Crippen molar-refractivity contribution >= 4 is 29.2 Å². The van der Waals surface area contributed by atoms with Crippen LogP contribution in [-0.2, 0) is 35.6 Å². The minimum absolute atomic E-state index is 0.226. The van der Waals surface area contributed by atoms with Crippen molar-refractivity contribution < 1.29 is 14.3 Å². The number of hydrogen-bond acceptors (Lipinski definition) is 11. The van der Waals surface area contributed by atoms with Crippen LogP contribution in [0.2, 0.25) is 0 Å². The lowest BCUT2D eigenvalue weighted by atomic mass is 10.1. The van der Waals surface area contributed by atoms with Gasteiger partial charge in [-0.25, -0.2) is 0 Å². The number of aromatic nitrogens is 3. The fourth-order valence-corrected chi connectivity index (χ4v) is 4.38. The summed E-state index contributed by atoms with van der Waals surface area (Å²) >= 11 is 0. The Bertz CT molecular complexity index is 1450. The van der Waals surface area contributed by atoms with Gasteiger partial charge in [0.25, 0.3) is 0 Å². The van der Waals surface area contributed by atoms with Gasteiger partial charge in [0.05, 0.1) is 20.1 Å². The molecule has 43 heavy (non-hydrogen) atoms. The number of nitrogens with two attached hydrogens (primary N) is 2. The number of nitrogens with one attached hydrogen (secondary N) is 2. The zero-order chi connectivity index (χ0) is 30.4. The Hall–Kier alpha value is -4.90. The first-order valence-electron chi connectivity index (χ1n) is 14.2. The Morgan fingerprint density at radius 3 is 2.37 bits per heavy atom. The smallest absolute Gasteiger partial charge is 0.309 e. The molecule has 2 heterocycles. The molecule has 0 atom stereocenters.